The summed E-state index contributed by atoms with van der Waals surface area (Å²) in [4.78, 5) is 36.1. The average Bonchev–Trinajstić information content (AvgIpc) is 2.59. The quantitative estimate of drug-likeness (QED) is 0.672. The van der Waals surface area contributed by atoms with Crippen molar-refractivity contribution in [3.8, 4) is 0 Å². The van der Waals surface area contributed by atoms with Crippen LogP contribution in [0, 0.1) is 0 Å². The van der Waals surface area contributed by atoms with E-state index in [0.29, 0.717) is 11.3 Å². The Bertz CT molecular complexity index is 714. The molecule has 0 radical (unpaired) electrons. The van der Waals surface area contributed by atoms with Crippen molar-refractivity contribution < 1.29 is 23.9 Å². The van der Waals surface area contributed by atoms with Gasteiger partial charge in [-0.15, -0.1) is 0 Å². The maximum absolute atomic E-state index is 12.3. The van der Waals surface area contributed by atoms with E-state index in [1.807, 2.05) is 0 Å². The van der Waals surface area contributed by atoms with Gasteiger partial charge in [0.25, 0.3) is 0 Å². The molecule has 1 aliphatic heterocycles. The van der Waals surface area contributed by atoms with Gasteiger partial charge < -0.3 is 25.4 Å². The topological polar surface area (TPSA) is 106 Å². The normalized spacial score (nSPS) is 16.6. The number of carbonyl (C=O) groups is 3. The Morgan fingerprint density at radius 1 is 1.20 bits per heavy atom. The molecule has 8 nitrogen and oxygen atoms in total. The Kier molecular flexibility index (Phi) is 5.99. The second-order valence-corrected chi connectivity index (χ2v) is 5.30. The molecular weight excluding hydrogens is 326 g/mol. The number of ether oxygens (including phenoxy) is 2. The largest absolute Gasteiger partial charge is 0.463 e. The SMILES string of the molecule is CCOC(=O)C1=C(COC(=O)c2ccccc2NC)NC(=O)N[C@H]1C. The zero-order chi connectivity index (χ0) is 18.4. The first-order valence-corrected chi connectivity index (χ1v) is 7.89. The minimum Gasteiger partial charge on any atom is -0.463 e. The summed E-state index contributed by atoms with van der Waals surface area (Å²) < 4.78 is 10.3. The lowest BCUT2D eigenvalue weighted by atomic mass is 10.0. The molecule has 0 fully saturated rings. The molecule has 0 aromatic heterocycles. The van der Waals surface area contributed by atoms with Gasteiger partial charge in [0.2, 0.25) is 0 Å². The first kappa shape index (κ1) is 18.3. The van der Waals surface area contributed by atoms with E-state index < -0.39 is 24.0 Å². The van der Waals surface area contributed by atoms with Crippen molar-refractivity contribution >= 4 is 23.7 Å². The lowest BCUT2D eigenvalue weighted by molar-refractivity contribution is -0.139. The van der Waals surface area contributed by atoms with Gasteiger partial charge >= 0.3 is 18.0 Å². The van der Waals surface area contributed by atoms with Gasteiger partial charge in [0.15, 0.2) is 0 Å². The van der Waals surface area contributed by atoms with Crippen LogP contribution in [0.1, 0.15) is 24.2 Å². The van der Waals surface area contributed by atoms with E-state index in [0.717, 1.165) is 0 Å². The highest BCUT2D eigenvalue weighted by Crippen LogP contribution is 2.18. The summed E-state index contributed by atoms with van der Waals surface area (Å²) in [6.07, 6.45) is 0. The fourth-order valence-corrected chi connectivity index (χ4v) is 2.49. The maximum Gasteiger partial charge on any atom is 0.340 e. The fourth-order valence-electron chi connectivity index (χ4n) is 2.49. The van der Waals surface area contributed by atoms with E-state index in [4.69, 9.17) is 9.47 Å². The molecule has 0 unspecified atom stereocenters. The third-order valence-electron chi connectivity index (χ3n) is 3.63. The Hall–Kier alpha value is -3.03. The highest BCUT2D eigenvalue weighted by molar-refractivity contribution is 5.97. The highest BCUT2D eigenvalue weighted by atomic mass is 16.5. The van der Waals surface area contributed by atoms with Crippen molar-refractivity contribution in [1.82, 2.24) is 10.6 Å². The molecule has 0 aliphatic carbocycles. The summed E-state index contributed by atoms with van der Waals surface area (Å²) in [5, 5.41) is 7.99. The first-order chi connectivity index (χ1) is 12.0. The standard InChI is InChI=1S/C17H21N3O5/c1-4-24-16(22)14-10(2)19-17(23)20-13(14)9-25-15(21)11-7-5-6-8-12(11)18-3/h5-8,10,18H,4,9H2,1-3H3,(H2,19,20,23)/t10-/m0/s1. The number of anilines is 1. The molecule has 8 heteroatoms. The first-order valence-electron chi connectivity index (χ1n) is 7.89. The monoisotopic (exact) mass is 347 g/mol. The molecule has 1 heterocycles. The number of rotatable bonds is 6. The smallest absolute Gasteiger partial charge is 0.340 e. The summed E-state index contributed by atoms with van der Waals surface area (Å²) in [7, 11) is 1.70. The van der Waals surface area contributed by atoms with Gasteiger partial charge in [0.1, 0.15) is 6.61 Å². The van der Waals surface area contributed by atoms with Crippen LogP contribution in [0.25, 0.3) is 0 Å². The van der Waals surface area contributed by atoms with Crippen LogP contribution in [0.2, 0.25) is 0 Å². The van der Waals surface area contributed by atoms with Crippen molar-refractivity contribution in [3.63, 3.8) is 0 Å². The van der Waals surface area contributed by atoms with Crippen LogP contribution in [-0.4, -0.2) is 44.3 Å². The Labute approximate surface area is 145 Å². The van der Waals surface area contributed by atoms with Crippen LogP contribution in [0.15, 0.2) is 35.5 Å². The lowest BCUT2D eigenvalue weighted by Gasteiger charge is -2.26. The molecule has 25 heavy (non-hydrogen) atoms. The highest BCUT2D eigenvalue weighted by Gasteiger charge is 2.30. The van der Waals surface area contributed by atoms with Crippen molar-refractivity contribution in [3.05, 3.63) is 41.1 Å². The Morgan fingerprint density at radius 3 is 2.60 bits per heavy atom. The van der Waals surface area contributed by atoms with E-state index in [-0.39, 0.29) is 24.5 Å². The molecule has 0 spiro atoms. The number of hydrogen-bond donors (Lipinski definition) is 3. The zero-order valence-electron chi connectivity index (χ0n) is 14.3. The minimum absolute atomic E-state index is 0.200. The number of carbonyl (C=O) groups excluding carboxylic acids is 3. The maximum atomic E-state index is 12.3. The molecule has 0 saturated heterocycles. The van der Waals surface area contributed by atoms with Crippen LogP contribution < -0.4 is 16.0 Å². The lowest BCUT2D eigenvalue weighted by Crippen LogP contribution is -2.50. The van der Waals surface area contributed by atoms with Gasteiger partial charge in [-0.05, 0) is 26.0 Å². The predicted octanol–water partition coefficient (Wildman–Crippen LogP) is 1.40. The van der Waals surface area contributed by atoms with Crippen LogP contribution in [-0.2, 0) is 14.3 Å². The predicted molar refractivity (Wildman–Crippen MR) is 91.1 cm³/mol. The summed E-state index contributed by atoms with van der Waals surface area (Å²) >= 11 is 0. The second-order valence-electron chi connectivity index (χ2n) is 5.30. The average molecular weight is 347 g/mol. The van der Waals surface area contributed by atoms with Crippen LogP contribution in [0.4, 0.5) is 10.5 Å². The van der Waals surface area contributed by atoms with E-state index >= 15 is 0 Å². The summed E-state index contributed by atoms with van der Waals surface area (Å²) in [6, 6.07) is 5.86. The van der Waals surface area contributed by atoms with Crippen molar-refractivity contribution in [2.24, 2.45) is 0 Å². The van der Waals surface area contributed by atoms with Crippen LogP contribution in [0.3, 0.4) is 0 Å². The third kappa shape index (κ3) is 4.28. The van der Waals surface area contributed by atoms with Gasteiger partial charge in [0, 0.05) is 12.7 Å². The number of nitrogens with one attached hydrogen (secondary N) is 3. The Balaban J connectivity index is 2.20. The van der Waals surface area contributed by atoms with Crippen molar-refractivity contribution in [1.29, 1.82) is 0 Å². The number of para-hydroxylation sites is 1. The second kappa shape index (κ2) is 8.18. The molecule has 134 valence electrons. The van der Waals surface area contributed by atoms with E-state index in [2.05, 4.69) is 16.0 Å². The van der Waals surface area contributed by atoms with Gasteiger partial charge in [-0.2, -0.15) is 0 Å². The molecule has 0 saturated carbocycles. The number of urea groups is 1. The van der Waals surface area contributed by atoms with Gasteiger partial charge in [-0.1, -0.05) is 12.1 Å². The zero-order valence-corrected chi connectivity index (χ0v) is 14.3. The summed E-state index contributed by atoms with van der Waals surface area (Å²) in [5.41, 5.74) is 1.42. The number of benzene rings is 1. The number of amides is 2. The fraction of sp³-hybridized carbons (Fsp3) is 0.353. The van der Waals surface area contributed by atoms with E-state index in [1.165, 1.54) is 0 Å². The molecule has 2 amide bonds. The molecule has 3 N–H and O–H groups in total. The number of hydrogen-bond acceptors (Lipinski definition) is 6. The molecule has 1 aromatic rings. The molecule has 2 rings (SSSR count). The molecular formula is C17H21N3O5. The molecule has 1 aromatic carbocycles. The van der Waals surface area contributed by atoms with E-state index in [9.17, 15) is 14.4 Å². The van der Waals surface area contributed by atoms with Gasteiger partial charge in [-0.3, -0.25) is 0 Å². The summed E-state index contributed by atoms with van der Waals surface area (Å²) in [6.45, 7) is 3.30. The van der Waals surface area contributed by atoms with Crippen LogP contribution in [0.5, 0.6) is 0 Å². The van der Waals surface area contributed by atoms with Crippen molar-refractivity contribution in [2.45, 2.75) is 19.9 Å². The molecule has 0 bridgehead atoms. The van der Waals surface area contributed by atoms with Crippen molar-refractivity contribution in [2.75, 3.05) is 25.6 Å². The molecule has 1 atom stereocenters. The van der Waals surface area contributed by atoms with Crippen LogP contribution >= 0.6 is 0 Å². The number of esters is 2. The molecule has 1 aliphatic rings. The van der Waals surface area contributed by atoms with Gasteiger partial charge in [0.05, 0.1) is 29.5 Å². The Morgan fingerprint density at radius 2 is 1.92 bits per heavy atom. The van der Waals surface area contributed by atoms with E-state index in [1.54, 1.807) is 45.2 Å². The minimum atomic E-state index is -0.568. The summed E-state index contributed by atoms with van der Waals surface area (Å²) in [5.74, 6) is -1.13. The van der Waals surface area contributed by atoms with Gasteiger partial charge in [-0.25, -0.2) is 14.4 Å². The third-order valence-corrected chi connectivity index (χ3v) is 3.63.